The van der Waals surface area contributed by atoms with Crippen LogP contribution in [0.4, 0.5) is 5.69 Å². The number of nitrogens with one attached hydrogen (secondary N) is 1. The van der Waals surface area contributed by atoms with Crippen LogP contribution in [0, 0.1) is 0 Å². The maximum Gasteiger partial charge on any atom is 0.234 e. The molecule has 0 radical (unpaired) electrons. The van der Waals surface area contributed by atoms with Gasteiger partial charge in [-0.2, -0.15) is 0 Å². The highest BCUT2D eigenvalue weighted by Gasteiger charge is 2.05. The third-order valence-electron chi connectivity index (χ3n) is 2.88. The SMILES string of the molecule is CC(N)c1cccc(SCC(=O)Nc2ccc(Br)cc2)c1. The first-order chi connectivity index (χ1) is 10.0. The second-order valence-electron chi connectivity index (χ2n) is 4.70. The summed E-state index contributed by atoms with van der Waals surface area (Å²) in [5, 5.41) is 2.87. The number of hydrogen-bond acceptors (Lipinski definition) is 3. The monoisotopic (exact) mass is 364 g/mol. The van der Waals surface area contributed by atoms with Crippen LogP contribution in [0.1, 0.15) is 18.5 Å². The number of anilines is 1. The van der Waals surface area contributed by atoms with Gasteiger partial charge in [0.05, 0.1) is 5.75 Å². The molecule has 2 aromatic rings. The van der Waals surface area contributed by atoms with Crippen LogP contribution in [0.2, 0.25) is 0 Å². The van der Waals surface area contributed by atoms with Gasteiger partial charge >= 0.3 is 0 Å². The molecule has 5 heteroatoms. The van der Waals surface area contributed by atoms with Crippen LogP contribution in [0.25, 0.3) is 0 Å². The molecule has 3 nitrogen and oxygen atoms in total. The Morgan fingerprint density at radius 2 is 2.00 bits per heavy atom. The van der Waals surface area contributed by atoms with Crippen LogP contribution in [0.3, 0.4) is 0 Å². The lowest BCUT2D eigenvalue weighted by atomic mass is 10.1. The van der Waals surface area contributed by atoms with E-state index in [0.717, 1.165) is 20.6 Å². The van der Waals surface area contributed by atoms with Crippen molar-refractivity contribution in [2.45, 2.75) is 17.9 Å². The molecule has 0 spiro atoms. The van der Waals surface area contributed by atoms with Gasteiger partial charge < -0.3 is 11.1 Å². The zero-order chi connectivity index (χ0) is 15.2. The summed E-state index contributed by atoms with van der Waals surface area (Å²) in [6.07, 6.45) is 0. The summed E-state index contributed by atoms with van der Waals surface area (Å²) < 4.78 is 0.989. The maximum absolute atomic E-state index is 11.9. The smallest absolute Gasteiger partial charge is 0.234 e. The Balaban J connectivity index is 1.89. The van der Waals surface area contributed by atoms with Crippen molar-refractivity contribution in [2.24, 2.45) is 5.73 Å². The van der Waals surface area contributed by atoms with Crippen LogP contribution in [-0.2, 0) is 4.79 Å². The van der Waals surface area contributed by atoms with Gasteiger partial charge in [-0.25, -0.2) is 0 Å². The summed E-state index contributed by atoms with van der Waals surface area (Å²) in [5.74, 6) is 0.354. The number of carbonyl (C=O) groups is 1. The second kappa shape index (κ2) is 7.64. The van der Waals surface area contributed by atoms with Crippen molar-refractivity contribution in [2.75, 3.05) is 11.1 Å². The molecule has 2 rings (SSSR count). The predicted octanol–water partition coefficient (Wildman–Crippen LogP) is 4.20. The molecule has 0 saturated carbocycles. The molecule has 1 atom stereocenters. The van der Waals surface area contributed by atoms with E-state index in [9.17, 15) is 4.79 Å². The molecule has 0 aliphatic carbocycles. The molecule has 1 amide bonds. The fourth-order valence-corrected chi connectivity index (χ4v) is 2.80. The van der Waals surface area contributed by atoms with Crippen LogP contribution in [0.15, 0.2) is 57.9 Å². The molecule has 1 unspecified atom stereocenters. The van der Waals surface area contributed by atoms with Gasteiger partial charge in [0.1, 0.15) is 0 Å². The molecule has 21 heavy (non-hydrogen) atoms. The van der Waals surface area contributed by atoms with Crippen LogP contribution in [-0.4, -0.2) is 11.7 Å². The predicted molar refractivity (Wildman–Crippen MR) is 92.5 cm³/mol. The lowest BCUT2D eigenvalue weighted by Crippen LogP contribution is -2.13. The minimum atomic E-state index is -0.0199. The Labute approximate surface area is 137 Å². The Morgan fingerprint density at radius 1 is 1.29 bits per heavy atom. The summed E-state index contributed by atoms with van der Waals surface area (Å²) in [4.78, 5) is 13.0. The molecule has 0 aliphatic heterocycles. The van der Waals surface area contributed by atoms with E-state index in [1.807, 2.05) is 55.5 Å². The van der Waals surface area contributed by atoms with E-state index in [-0.39, 0.29) is 11.9 Å². The Morgan fingerprint density at radius 3 is 2.67 bits per heavy atom. The van der Waals surface area contributed by atoms with Gasteiger partial charge in [0.2, 0.25) is 5.91 Å². The van der Waals surface area contributed by atoms with Crippen molar-refractivity contribution in [1.29, 1.82) is 0 Å². The highest BCUT2D eigenvalue weighted by atomic mass is 79.9. The van der Waals surface area contributed by atoms with Gasteiger partial charge in [0.25, 0.3) is 0 Å². The van der Waals surface area contributed by atoms with Crippen molar-refractivity contribution >= 4 is 39.3 Å². The number of halogens is 1. The molecule has 0 aromatic heterocycles. The highest BCUT2D eigenvalue weighted by Crippen LogP contribution is 2.22. The first-order valence-electron chi connectivity index (χ1n) is 6.58. The molecule has 0 bridgehead atoms. The average Bonchev–Trinajstić information content (AvgIpc) is 2.48. The molecule has 0 fully saturated rings. The van der Waals surface area contributed by atoms with E-state index in [0.29, 0.717) is 5.75 Å². The number of rotatable bonds is 5. The fourth-order valence-electron chi connectivity index (χ4n) is 1.77. The van der Waals surface area contributed by atoms with E-state index < -0.39 is 0 Å². The Kier molecular flexibility index (Phi) is 5.85. The minimum absolute atomic E-state index is 0.00198. The lowest BCUT2D eigenvalue weighted by Gasteiger charge is -2.08. The van der Waals surface area contributed by atoms with Gasteiger partial charge in [0.15, 0.2) is 0 Å². The van der Waals surface area contributed by atoms with Crippen LogP contribution >= 0.6 is 27.7 Å². The summed E-state index contributed by atoms with van der Waals surface area (Å²) in [6, 6.07) is 15.5. The Bertz CT molecular complexity index is 614. The molecular weight excluding hydrogens is 348 g/mol. The van der Waals surface area contributed by atoms with E-state index in [2.05, 4.69) is 21.2 Å². The number of benzene rings is 2. The van der Waals surface area contributed by atoms with Crippen molar-refractivity contribution in [1.82, 2.24) is 0 Å². The zero-order valence-electron chi connectivity index (χ0n) is 11.7. The number of amides is 1. The first-order valence-corrected chi connectivity index (χ1v) is 8.36. The zero-order valence-corrected chi connectivity index (χ0v) is 14.1. The maximum atomic E-state index is 11.9. The fraction of sp³-hybridized carbons (Fsp3) is 0.188. The van der Waals surface area contributed by atoms with E-state index in [1.165, 1.54) is 11.8 Å². The van der Waals surface area contributed by atoms with Gasteiger partial charge in [-0.05, 0) is 48.9 Å². The molecule has 0 aliphatic rings. The van der Waals surface area contributed by atoms with E-state index in [4.69, 9.17) is 5.73 Å². The first kappa shape index (κ1) is 16.1. The minimum Gasteiger partial charge on any atom is -0.325 e. The van der Waals surface area contributed by atoms with Gasteiger partial charge in [-0.15, -0.1) is 11.8 Å². The topological polar surface area (TPSA) is 55.1 Å². The molecule has 0 saturated heterocycles. The van der Waals surface area contributed by atoms with Gasteiger partial charge in [0, 0.05) is 21.1 Å². The van der Waals surface area contributed by atoms with Crippen LogP contribution in [0.5, 0.6) is 0 Å². The summed E-state index contributed by atoms with van der Waals surface area (Å²) in [5.41, 5.74) is 7.74. The lowest BCUT2D eigenvalue weighted by molar-refractivity contribution is -0.113. The van der Waals surface area contributed by atoms with Crippen molar-refractivity contribution in [3.8, 4) is 0 Å². The number of carbonyl (C=O) groups excluding carboxylic acids is 1. The molecule has 110 valence electrons. The largest absolute Gasteiger partial charge is 0.325 e. The number of hydrogen-bond donors (Lipinski definition) is 2. The van der Waals surface area contributed by atoms with E-state index in [1.54, 1.807) is 0 Å². The standard InChI is InChI=1S/C16H17BrN2OS/c1-11(18)12-3-2-4-15(9-12)21-10-16(20)19-14-7-5-13(17)6-8-14/h2-9,11H,10,18H2,1H3,(H,19,20). The normalized spacial score (nSPS) is 12.0. The molecule has 3 N–H and O–H groups in total. The van der Waals surface area contributed by atoms with Crippen LogP contribution < -0.4 is 11.1 Å². The molecular formula is C16H17BrN2OS. The van der Waals surface area contributed by atoms with Crippen molar-refractivity contribution in [3.05, 3.63) is 58.6 Å². The summed E-state index contributed by atoms with van der Waals surface area (Å²) in [6.45, 7) is 1.95. The number of thioether (sulfide) groups is 1. The highest BCUT2D eigenvalue weighted by molar-refractivity contribution is 9.10. The van der Waals surface area contributed by atoms with Crippen molar-refractivity contribution in [3.63, 3.8) is 0 Å². The quantitative estimate of drug-likeness (QED) is 0.781. The average molecular weight is 365 g/mol. The summed E-state index contributed by atoms with van der Waals surface area (Å²) in [7, 11) is 0. The summed E-state index contributed by atoms with van der Waals surface area (Å²) >= 11 is 4.87. The molecule has 2 aromatic carbocycles. The number of nitrogens with two attached hydrogens (primary N) is 1. The third kappa shape index (κ3) is 5.19. The third-order valence-corrected chi connectivity index (χ3v) is 4.40. The van der Waals surface area contributed by atoms with E-state index >= 15 is 0 Å². The Hall–Kier alpha value is -1.30. The molecule has 0 heterocycles. The van der Waals surface area contributed by atoms with Gasteiger partial charge in [-0.1, -0.05) is 28.1 Å². The van der Waals surface area contributed by atoms with Crippen molar-refractivity contribution < 1.29 is 4.79 Å². The van der Waals surface area contributed by atoms with Gasteiger partial charge in [-0.3, -0.25) is 4.79 Å². The second-order valence-corrected chi connectivity index (χ2v) is 6.67.